The summed E-state index contributed by atoms with van der Waals surface area (Å²) in [4.78, 5) is 11.9. The molecule has 2 unspecified atom stereocenters. The zero-order valence-corrected chi connectivity index (χ0v) is 11.9. The Morgan fingerprint density at radius 3 is 3.05 bits per heavy atom. The number of hydrogen-bond donors (Lipinski definition) is 2. The molecular formula is C15H24N2O2. The number of aryl methyl sites for hydroxylation is 1. The molecule has 1 aliphatic rings. The average molecular weight is 264 g/mol. The van der Waals surface area contributed by atoms with Gasteiger partial charge in [-0.15, -0.1) is 0 Å². The summed E-state index contributed by atoms with van der Waals surface area (Å²) in [5.74, 6) is 2.88. The van der Waals surface area contributed by atoms with Crippen LogP contribution in [0, 0.1) is 18.8 Å². The molecule has 1 aromatic rings. The van der Waals surface area contributed by atoms with Crippen LogP contribution < -0.4 is 10.6 Å². The van der Waals surface area contributed by atoms with Crippen LogP contribution in [0.25, 0.3) is 0 Å². The summed E-state index contributed by atoms with van der Waals surface area (Å²) < 4.78 is 5.43. The second-order valence-electron chi connectivity index (χ2n) is 5.58. The molecule has 2 rings (SSSR count). The molecule has 106 valence electrons. The Bertz CT molecular complexity index is 408. The van der Waals surface area contributed by atoms with Gasteiger partial charge in [-0.1, -0.05) is 6.92 Å². The highest BCUT2D eigenvalue weighted by molar-refractivity contribution is 5.76. The third-order valence-corrected chi connectivity index (χ3v) is 3.90. The van der Waals surface area contributed by atoms with Crippen molar-refractivity contribution >= 4 is 5.91 Å². The normalized spacial score (nSPS) is 21.1. The minimum Gasteiger partial charge on any atom is -0.465 e. The van der Waals surface area contributed by atoms with Crippen molar-refractivity contribution in [1.29, 1.82) is 0 Å². The zero-order valence-electron chi connectivity index (χ0n) is 11.9. The molecule has 4 heteroatoms. The van der Waals surface area contributed by atoms with Gasteiger partial charge in [0.2, 0.25) is 5.91 Å². The van der Waals surface area contributed by atoms with Crippen LogP contribution >= 0.6 is 0 Å². The van der Waals surface area contributed by atoms with Gasteiger partial charge in [0.15, 0.2) is 0 Å². The number of furan rings is 1. The number of carbonyl (C=O) groups excluding carboxylic acids is 1. The van der Waals surface area contributed by atoms with Gasteiger partial charge in [0, 0.05) is 6.42 Å². The van der Waals surface area contributed by atoms with Crippen molar-refractivity contribution in [3.8, 4) is 0 Å². The predicted molar refractivity (Wildman–Crippen MR) is 74.7 cm³/mol. The summed E-state index contributed by atoms with van der Waals surface area (Å²) in [6.45, 7) is 6.74. The zero-order chi connectivity index (χ0) is 13.7. The van der Waals surface area contributed by atoms with E-state index in [0.717, 1.165) is 24.6 Å². The summed E-state index contributed by atoms with van der Waals surface area (Å²) in [6, 6.07) is 3.82. The van der Waals surface area contributed by atoms with Crippen LogP contribution in [0.4, 0.5) is 0 Å². The third kappa shape index (κ3) is 4.39. The Kier molecular flexibility index (Phi) is 5.02. The van der Waals surface area contributed by atoms with Crippen LogP contribution in [0.15, 0.2) is 16.5 Å². The monoisotopic (exact) mass is 264 g/mol. The van der Waals surface area contributed by atoms with Crippen LogP contribution in [-0.4, -0.2) is 19.0 Å². The molecule has 2 heterocycles. The molecule has 1 aromatic heterocycles. The molecule has 2 N–H and O–H groups in total. The Balaban J connectivity index is 1.71. The van der Waals surface area contributed by atoms with Gasteiger partial charge in [-0.3, -0.25) is 4.79 Å². The van der Waals surface area contributed by atoms with Gasteiger partial charge in [0.1, 0.15) is 11.5 Å². The predicted octanol–water partition coefficient (Wildman–Crippen LogP) is 2.23. The largest absolute Gasteiger partial charge is 0.465 e. The molecule has 0 spiro atoms. The number of amides is 1. The lowest BCUT2D eigenvalue weighted by Gasteiger charge is -2.27. The van der Waals surface area contributed by atoms with Crippen molar-refractivity contribution in [2.24, 2.45) is 11.8 Å². The number of nitrogens with one attached hydrogen (secondary N) is 2. The van der Waals surface area contributed by atoms with E-state index in [4.69, 9.17) is 4.42 Å². The van der Waals surface area contributed by atoms with Crippen molar-refractivity contribution in [3.05, 3.63) is 23.7 Å². The first kappa shape index (κ1) is 14.1. The van der Waals surface area contributed by atoms with Crippen molar-refractivity contribution < 1.29 is 9.21 Å². The Labute approximate surface area is 114 Å². The first-order valence-corrected chi connectivity index (χ1v) is 7.18. The Morgan fingerprint density at radius 2 is 2.42 bits per heavy atom. The molecule has 4 nitrogen and oxygen atoms in total. The maximum atomic E-state index is 11.9. The Morgan fingerprint density at radius 1 is 1.58 bits per heavy atom. The van der Waals surface area contributed by atoms with Gasteiger partial charge in [0.05, 0.1) is 6.54 Å². The van der Waals surface area contributed by atoms with Crippen molar-refractivity contribution in [2.75, 3.05) is 13.1 Å². The maximum absolute atomic E-state index is 11.9. The molecular weight excluding hydrogens is 240 g/mol. The lowest BCUT2D eigenvalue weighted by atomic mass is 9.85. The summed E-state index contributed by atoms with van der Waals surface area (Å²) in [7, 11) is 0. The summed E-state index contributed by atoms with van der Waals surface area (Å²) >= 11 is 0. The number of rotatable bonds is 5. The fourth-order valence-corrected chi connectivity index (χ4v) is 2.66. The van der Waals surface area contributed by atoms with E-state index in [0.29, 0.717) is 24.8 Å². The van der Waals surface area contributed by atoms with E-state index in [1.165, 1.54) is 12.8 Å². The molecule has 1 amide bonds. The first-order chi connectivity index (χ1) is 9.15. The summed E-state index contributed by atoms with van der Waals surface area (Å²) in [5.41, 5.74) is 0. The van der Waals surface area contributed by atoms with Gasteiger partial charge in [0.25, 0.3) is 0 Å². The number of carbonyl (C=O) groups is 1. The summed E-state index contributed by atoms with van der Waals surface area (Å²) in [5, 5.41) is 6.33. The van der Waals surface area contributed by atoms with Crippen LogP contribution in [0.5, 0.6) is 0 Å². The number of hydrogen-bond acceptors (Lipinski definition) is 3. The highest BCUT2D eigenvalue weighted by Gasteiger charge is 2.21. The van der Waals surface area contributed by atoms with E-state index >= 15 is 0 Å². The molecule has 0 aliphatic carbocycles. The minimum atomic E-state index is 0.118. The SMILES string of the molecule is Cc1ccc(CNC(=O)CC(C)C2CCCNC2)o1. The topological polar surface area (TPSA) is 54.3 Å². The first-order valence-electron chi connectivity index (χ1n) is 7.18. The van der Waals surface area contributed by atoms with Gasteiger partial charge >= 0.3 is 0 Å². The van der Waals surface area contributed by atoms with Crippen LogP contribution in [0.1, 0.15) is 37.7 Å². The smallest absolute Gasteiger partial charge is 0.220 e. The molecule has 0 bridgehead atoms. The van der Waals surface area contributed by atoms with Crippen molar-refractivity contribution in [2.45, 2.75) is 39.7 Å². The van der Waals surface area contributed by atoms with Crippen LogP contribution in [0.3, 0.4) is 0 Å². The van der Waals surface area contributed by atoms with Crippen molar-refractivity contribution in [3.63, 3.8) is 0 Å². The van der Waals surface area contributed by atoms with Crippen molar-refractivity contribution in [1.82, 2.24) is 10.6 Å². The highest BCUT2D eigenvalue weighted by Crippen LogP contribution is 2.22. The van der Waals surface area contributed by atoms with E-state index in [1.807, 2.05) is 19.1 Å². The standard InChI is InChI=1S/C15H24N2O2/c1-11(13-4-3-7-16-9-13)8-15(18)17-10-14-6-5-12(2)19-14/h5-6,11,13,16H,3-4,7-10H2,1-2H3,(H,17,18). The molecule has 0 aromatic carbocycles. The molecule has 19 heavy (non-hydrogen) atoms. The number of piperidine rings is 1. The second-order valence-corrected chi connectivity index (χ2v) is 5.58. The molecule has 0 radical (unpaired) electrons. The van der Waals surface area contributed by atoms with Gasteiger partial charge in [-0.05, 0) is 56.8 Å². The summed E-state index contributed by atoms with van der Waals surface area (Å²) in [6.07, 6.45) is 3.06. The van der Waals surface area contributed by atoms with E-state index in [1.54, 1.807) is 0 Å². The molecule has 0 saturated carbocycles. The lowest BCUT2D eigenvalue weighted by molar-refractivity contribution is -0.122. The highest BCUT2D eigenvalue weighted by atomic mass is 16.3. The fraction of sp³-hybridized carbons (Fsp3) is 0.667. The molecule has 2 atom stereocenters. The van der Waals surface area contributed by atoms with E-state index in [2.05, 4.69) is 17.6 Å². The molecule has 1 aliphatic heterocycles. The van der Waals surface area contributed by atoms with E-state index in [9.17, 15) is 4.79 Å². The van der Waals surface area contributed by atoms with E-state index < -0.39 is 0 Å². The fourth-order valence-electron chi connectivity index (χ4n) is 2.66. The van der Waals surface area contributed by atoms with Gasteiger partial charge < -0.3 is 15.1 Å². The van der Waals surface area contributed by atoms with Crippen LogP contribution in [0.2, 0.25) is 0 Å². The molecule has 1 saturated heterocycles. The maximum Gasteiger partial charge on any atom is 0.220 e. The second kappa shape index (κ2) is 6.75. The quantitative estimate of drug-likeness (QED) is 0.857. The van der Waals surface area contributed by atoms with E-state index in [-0.39, 0.29) is 5.91 Å². The Hall–Kier alpha value is -1.29. The lowest BCUT2D eigenvalue weighted by Crippen LogP contribution is -2.35. The minimum absolute atomic E-state index is 0.118. The van der Waals surface area contributed by atoms with Gasteiger partial charge in [-0.2, -0.15) is 0 Å². The average Bonchev–Trinajstić information content (AvgIpc) is 2.83. The molecule has 1 fully saturated rings. The van der Waals surface area contributed by atoms with Crippen LogP contribution in [-0.2, 0) is 11.3 Å². The third-order valence-electron chi connectivity index (χ3n) is 3.90. The van der Waals surface area contributed by atoms with Gasteiger partial charge in [-0.25, -0.2) is 0 Å².